The topological polar surface area (TPSA) is 52.7 Å². The lowest BCUT2D eigenvalue weighted by molar-refractivity contribution is -0.117. The van der Waals surface area contributed by atoms with Gasteiger partial charge in [0.2, 0.25) is 5.91 Å². The van der Waals surface area contributed by atoms with Gasteiger partial charge in [-0.1, -0.05) is 60.7 Å². The summed E-state index contributed by atoms with van der Waals surface area (Å²) in [5.41, 5.74) is 3.94. The standard InChI is InChI=1S/C27H29N3O2/c1-21(31)22-12-14-25(15-13-22)28-26(32)20-29-16-18-30(19-17-29)27(23-8-4-2-5-9-23)24-10-6-3-7-11-24/h2-15,27H,16-20H2,1H3,(H,28,32). The maximum atomic E-state index is 12.5. The molecule has 1 aliphatic heterocycles. The Labute approximate surface area is 189 Å². The van der Waals surface area contributed by atoms with Crippen LogP contribution in [0.25, 0.3) is 0 Å². The minimum atomic E-state index is -0.0308. The van der Waals surface area contributed by atoms with Crippen molar-refractivity contribution in [1.82, 2.24) is 9.80 Å². The number of piperazine rings is 1. The van der Waals surface area contributed by atoms with Gasteiger partial charge in [-0.3, -0.25) is 19.4 Å². The van der Waals surface area contributed by atoms with Crippen LogP contribution in [0.5, 0.6) is 0 Å². The lowest BCUT2D eigenvalue weighted by atomic mass is 9.96. The van der Waals surface area contributed by atoms with E-state index in [0.29, 0.717) is 17.8 Å². The van der Waals surface area contributed by atoms with Gasteiger partial charge in [-0.2, -0.15) is 0 Å². The molecule has 0 bridgehead atoms. The first-order valence-electron chi connectivity index (χ1n) is 11.1. The maximum Gasteiger partial charge on any atom is 0.238 e. The van der Waals surface area contributed by atoms with Gasteiger partial charge in [0.25, 0.3) is 0 Å². The minimum absolute atomic E-state index is 0.0186. The zero-order valence-electron chi connectivity index (χ0n) is 18.4. The minimum Gasteiger partial charge on any atom is -0.325 e. The number of carbonyl (C=O) groups excluding carboxylic acids is 2. The van der Waals surface area contributed by atoms with Crippen molar-refractivity contribution in [3.05, 3.63) is 102 Å². The number of rotatable bonds is 7. The zero-order valence-corrected chi connectivity index (χ0v) is 18.4. The first-order valence-corrected chi connectivity index (χ1v) is 11.1. The molecule has 0 saturated carbocycles. The monoisotopic (exact) mass is 427 g/mol. The molecule has 0 radical (unpaired) electrons. The van der Waals surface area contributed by atoms with Gasteiger partial charge >= 0.3 is 0 Å². The van der Waals surface area contributed by atoms with E-state index in [0.717, 1.165) is 26.2 Å². The molecule has 1 amide bonds. The SMILES string of the molecule is CC(=O)c1ccc(NC(=O)CN2CCN(C(c3ccccc3)c3ccccc3)CC2)cc1. The van der Waals surface area contributed by atoms with Gasteiger partial charge in [0, 0.05) is 37.4 Å². The van der Waals surface area contributed by atoms with Crippen LogP contribution in [0.2, 0.25) is 0 Å². The van der Waals surface area contributed by atoms with Crippen LogP contribution in [0.1, 0.15) is 34.5 Å². The number of hydrogen-bond acceptors (Lipinski definition) is 4. The summed E-state index contributed by atoms with van der Waals surface area (Å²) in [6.45, 7) is 5.38. The Morgan fingerprint density at radius 3 is 1.81 bits per heavy atom. The van der Waals surface area contributed by atoms with Gasteiger partial charge in [0.05, 0.1) is 12.6 Å². The van der Waals surface area contributed by atoms with Gasteiger partial charge in [-0.15, -0.1) is 0 Å². The first kappa shape index (κ1) is 21.9. The third-order valence-electron chi connectivity index (χ3n) is 5.95. The van der Waals surface area contributed by atoms with Crippen molar-refractivity contribution in [3.63, 3.8) is 0 Å². The second-order valence-corrected chi connectivity index (χ2v) is 8.22. The third kappa shape index (κ3) is 5.49. The van der Waals surface area contributed by atoms with Gasteiger partial charge in [0.1, 0.15) is 0 Å². The summed E-state index contributed by atoms with van der Waals surface area (Å²) in [6.07, 6.45) is 0. The van der Waals surface area contributed by atoms with Crippen molar-refractivity contribution in [1.29, 1.82) is 0 Å². The van der Waals surface area contributed by atoms with Crippen LogP contribution in [-0.2, 0) is 4.79 Å². The Balaban J connectivity index is 1.35. The molecule has 0 aliphatic carbocycles. The number of nitrogens with one attached hydrogen (secondary N) is 1. The molecule has 3 aromatic carbocycles. The number of nitrogens with zero attached hydrogens (tertiary/aromatic N) is 2. The Morgan fingerprint density at radius 1 is 0.781 bits per heavy atom. The molecular weight excluding hydrogens is 398 g/mol. The van der Waals surface area contributed by atoms with Crippen molar-refractivity contribution in [2.45, 2.75) is 13.0 Å². The summed E-state index contributed by atoms with van der Waals surface area (Å²) in [5.74, 6) is -0.0123. The molecule has 0 atom stereocenters. The highest BCUT2D eigenvalue weighted by Gasteiger charge is 2.27. The van der Waals surface area contributed by atoms with Crippen molar-refractivity contribution >= 4 is 17.4 Å². The van der Waals surface area contributed by atoms with Crippen molar-refractivity contribution in [2.75, 3.05) is 38.0 Å². The molecule has 32 heavy (non-hydrogen) atoms. The lowest BCUT2D eigenvalue weighted by Crippen LogP contribution is -2.49. The van der Waals surface area contributed by atoms with E-state index >= 15 is 0 Å². The van der Waals surface area contributed by atoms with Crippen LogP contribution in [0.15, 0.2) is 84.9 Å². The lowest BCUT2D eigenvalue weighted by Gasteiger charge is -2.39. The highest BCUT2D eigenvalue weighted by Crippen LogP contribution is 2.29. The molecule has 164 valence electrons. The molecule has 1 saturated heterocycles. The highest BCUT2D eigenvalue weighted by molar-refractivity contribution is 5.96. The second kappa shape index (κ2) is 10.4. The Bertz CT molecular complexity index is 988. The predicted molar refractivity (Wildman–Crippen MR) is 128 cm³/mol. The molecular formula is C27H29N3O2. The first-order chi connectivity index (χ1) is 15.6. The summed E-state index contributed by atoms with van der Waals surface area (Å²) in [6, 6.07) is 28.5. The summed E-state index contributed by atoms with van der Waals surface area (Å²) in [4.78, 5) is 28.6. The molecule has 5 nitrogen and oxygen atoms in total. The Morgan fingerprint density at radius 2 is 1.31 bits per heavy atom. The number of carbonyl (C=O) groups is 2. The number of Topliss-reactive ketones (excluding diaryl/α,β-unsaturated/α-hetero) is 1. The zero-order chi connectivity index (χ0) is 22.3. The number of amides is 1. The summed E-state index contributed by atoms with van der Waals surface area (Å²) >= 11 is 0. The van der Waals surface area contributed by atoms with Crippen LogP contribution in [0.3, 0.4) is 0 Å². The van der Waals surface area contributed by atoms with Crippen molar-refractivity contribution in [2.24, 2.45) is 0 Å². The molecule has 1 fully saturated rings. The number of benzene rings is 3. The van der Waals surface area contributed by atoms with Crippen molar-refractivity contribution in [3.8, 4) is 0 Å². The molecule has 0 aromatic heterocycles. The van der Waals surface area contributed by atoms with Gasteiger partial charge < -0.3 is 5.32 Å². The van der Waals surface area contributed by atoms with Crippen LogP contribution in [-0.4, -0.2) is 54.2 Å². The van der Waals surface area contributed by atoms with E-state index in [9.17, 15) is 9.59 Å². The molecule has 1 N–H and O–H groups in total. The molecule has 5 heteroatoms. The Kier molecular flexibility index (Phi) is 7.10. The van der Waals surface area contributed by atoms with Gasteiger partial charge in [0.15, 0.2) is 5.78 Å². The van der Waals surface area contributed by atoms with E-state index in [1.165, 1.54) is 18.1 Å². The normalized spacial score (nSPS) is 14.9. The molecule has 3 aromatic rings. The predicted octanol–water partition coefficient (Wildman–Crippen LogP) is 4.23. The Hall–Kier alpha value is -3.28. The fraction of sp³-hybridized carbons (Fsp3) is 0.259. The van der Waals surface area contributed by atoms with E-state index in [2.05, 4.69) is 75.8 Å². The number of ketones is 1. The van der Waals surface area contributed by atoms with Gasteiger partial charge in [-0.25, -0.2) is 0 Å². The molecule has 1 heterocycles. The average Bonchev–Trinajstić information content (AvgIpc) is 2.82. The fourth-order valence-corrected chi connectivity index (χ4v) is 4.26. The summed E-state index contributed by atoms with van der Waals surface area (Å²) in [5, 5.41) is 2.94. The van der Waals surface area contributed by atoms with E-state index < -0.39 is 0 Å². The smallest absolute Gasteiger partial charge is 0.238 e. The molecule has 0 unspecified atom stereocenters. The quantitative estimate of drug-likeness (QED) is 0.573. The average molecular weight is 428 g/mol. The third-order valence-corrected chi connectivity index (χ3v) is 5.95. The summed E-state index contributed by atoms with van der Waals surface area (Å²) < 4.78 is 0. The maximum absolute atomic E-state index is 12.5. The number of anilines is 1. The van der Waals surface area contributed by atoms with Crippen LogP contribution in [0.4, 0.5) is 5.69 Å². The fourth-order valence-electron chi connectivity index (χ4n) is 4.26. The molecule has 0 spiro atoms. The number of hydrogen-bond donors (Lipinski definition) is 1. The largest absolute Gasteiger partial charge is 0.325 e. The van der Waals surface area contributed by atoms with Crippen molar-refractivity contribution < 1.29 is 9.59 Å². The van der Waals surface area contributed by atoms with E-state index in [1.807, 2.05) is 0 Å². The summed E-state index contributed by atoms with van der Waals surface area (Å²) in [7, 11) is 0. The van der Waals surface area contributed by atoms with Gasteiger partial charge in [-0.05, 0) is 42.3 Å². The van der Waals surface area contributed by atoms with E-state index in [-0.39, 0.29) is 17.7 Å². The van der Waals surface area contributed by atoms with Crippen LogP contribution < -0.4 is 5.32 Å². The molecule has 4 rings (SSSR count). The second-order valence-electron chi connectivity index (χ2n) is 8.22. The molecule has 1 aliphatic rings. The van der Waals surface area contributed by atoms with Crippen LogP contribution in [0, 0.1) is 0 Å². The highest BCUT2D eigenvalue weighted by atomic mass is 16.2. The van der Waals surface area contributed by atoms with E-state index in [4.69, 9.17) is 0 Å². The van der Waals surface area contributed by atoms with E-state index in [1.54, 1.807) is 24.3 Å². The van der Waals surface area contributed by atoms with Crippen LogP contribution >= 0.6 is 0 Å².